The van der Waals surface area contributed by atoms with Gasteiger partial charge in [-0.15, -0.1) is 0 Å². The average Bonchev–Trinajstić information content (AvgIpc) is 3.31. The molecule has 7 heteroatoms. The minimum Gasteiger partial charge on any atom is -0.374 e. The van der Waals surface area contributed by atoms with Crippen LogP contribution in [-0.2, 0) is 11.3 Å². The zero-order valence-corrected chi connectivity index (χ0v) is 17.0. The van der Waals surface area contributed by atoms with E-state index in [0.717, 1.165) is 30.3 Å². The molecule has 0 aliphatic rings. The van der Waals surface area contributed by atoms with Crippen LogP contribution in [-0.4, -0.2) is 40.9 Å². The molecule has 1 aromatic carbocycles. The number of hydrogen-bond donors (Lipinski definition) is 2. The lowest BCUT2D eigenvalue weighted by molar-refractivity contribution is 0.0646. The van der Waals surface area contributed by atoms with Crippen LogP contribution in [0.4, 0.5) is 0 Å². The average molecular weight is 393 g/mol. The van der Waals surface area contributed by atoms with Crippen LogP contribution in [0.15, 0.2) is 72.1 Å². The highest BCUT2D eigenvalue weighted by molar-refractivity contribution is 5.79. The minimum atomic E-state index is 0.101. The van der Waals surface area contributed by atoms with Crippen molar-refractivity contribution in [1.82, 2.24) is 25.4 Å². The maximum Gasteiger partial charge on any atom is 0.191 e. The Balaban J connectivity index is 1.37. The van der Waals surface area contributed by atoms with Gasteiger partial charge in [-0.1, -0.05) is 30.3 Å². The number of aromatic nitrogens is 3. The summed E-state index contributed by atoms with van der Waals surface area (Å²) < 4.78 is 7.65. The molecule has 7 nitrogen and oxygen atoms in total. The van der Waals surface area contributed by atoms with E-state index in [9.17, 15) is 0 Å². The van der Waals surface area contributed by atoms with Crippen LogP contribution in [0.25, 0.3) is 5.82 Å². The molecule has 3 aromatic rings. The second-order valence-corrected chi connectivity index (χ2v) is 6.60. The molecule has 0 amide bonds. The van der Waals surface area contributed by atoms with E-state index in [0.29, 0.717) is 13.2 Å². The number of ether oxygens (including phenoxy) is 1. The highest BCUT2D eigenvalue weighted by Crippen LogP contribution is 2.15. The first-order valence-corrected chi connectivity index (χ1v) is 9.82. The molecule has 152 valence electrons. The van der Waals surface area contributed by atoms with E-state index in [-0.39, 0.29) is 6.10 Å². The van der Waals surface area contributed by atoms with Crippen molar-refractivity contribution in [2.45, 2.75) is 26.0 Å². The summed E-state index contributed by atoms with van der Waals surface area (Å²) in [6.07, 6.45) is 6.40. The predicted molar refractivity (Wildman–Crippen MR) is 115 cm³/mol. The Morgan fingerprint density at radius 2 is 2.00 bits per heavy atom. The van der Waals surface area contributed by atoms with Crippen molar-refractivity contribution in [2.75, 3.05) is 20.2 Å². The first-order chi connectivity index (χ1) is 14.3. The van der Waals surface area contributed by atoms with E-state index in [1.807, 2.05) is 42.6 Å². The highest BCUT2D eigenvalue weighted by Gasteiger charge is 2.05. The number of rotatable bonds is 9. The van der Waals surface area contributed by atoms with Gasteiger partial charge >= 0.3 is 0 Å². The SMILES string of the molecule is CN=C(NCCCOC(C)c1ccccc1)NCc1ccnc(-n2cccn2)c1. The molecular weight excluding hydrogens is 364 g/mol. The summed E-state index contributed by atoms with van der Waals surface area (Å²) in [4.78, 5) is 8.62. The Bertz CT molecular complexity index is 879. The molecule has 2 heterocycles. The van der Waals surface area contributed by atoms with Crippen molar-refractivity contribution in [1.29, 1.82) is 0 Å². The topological polar surface area (TPSA) is 76.4 Å². The molecule has 0 saturated heterocycles. The van der Waals surface area contributed by atoms with E-state index in [1.165, 1.54) is 5.56 Å². The molecule has 0 spiro atoms. The van der Waals surface area contributed by atoms with Gasteiger partial charge in [-0.3, -0.25) is 4.99 Å². The Kier molecular flexibility index (Phi) is 7.77. The Morgan fingerprint density at radius 1 is 1.14 bits per heavy atom. The van der Waals surface area contributed by atoms with Gasteiger partial charge in [0, 0.05) is 45.3 Å². The van der Waals surface area contributed by atoms with E-state index in [4.69, 9.17) is 4.74 Å². The quantitative estimate of drug-likeness (QED) is 0.332. The molecule has 0 bridgehead atoms. The standard InChI is InChI=1S/C22H28N6O/c1-18(20-8-4-3-5-9-20)29-15-7-11-25-22(23-2)26-17-19-10-13-24-21(16-19)28-14-6-12-27-28/h3-6,8-10,12-14,16,18H,7,11,15,17H2,1-2H3,(H2,23,25,26). The summed E-state index contributed by atoms with van der Waals surface area (Å²) in [6.45, 7) is 4.21. The van der Waals surface area contributed by atoms with Crippen LogP contribution in [0.2, 0.25) is 0 Å². The van der Waals surface area contributed by atoms with Crippen LogP contribution in [0.3, 0.4) is 0 Å². The lowest BCUT2D eigenvalue weighted by Gasteiger charge is -2.15. The van der Waals surface area contributed by atoms with Crippen molar-refractivity contribution in [3.05, 3.63) is 78.2 Å². The lowest BCUT2D eigenvalue weighted by Crippen LogP contribution is -2.37. The van der Waals surface area contributed by atoms with Crippen LogP contribution in [0.5, 0.6) is 0 Å². The molecule has 0 radical (unpaired) electrons. The van der Waals surface area contributed by atoms with Gasteiger partial charge in [0.25, 0.3) is 0 Å². The van der Waals surface area contributed by atoms with Crippen LogP contribution in [0, 0.1) is 0 Å². The van der Waals surface area contributed by atoms with Gasteiger partial charge < -0.3 is 15.4 Å². The van der Waals surface area contributed by atoms with Gasteiger partial charge in [0.15, 0.2) is 11.8 Å². The molecule has 3 rings (SSSR count). The lowest BCUT2D eigenvalue weighted by atomic mass is 10.1. The monoisotopic (exact) mass is 392 g/mol. The second kappa shape index (κ2) is 11.0. The van der Waals surface area contributed by atoms with Gasteiger partial charge in [0.2, 0.25) is 0 Å². The smallest absolute Gasteiger partial charge is 0.191 e. The number of nitrogens with zero attached hydrogens (tertiary/aromatic N) is 4. The predicted octanol–water partition coefficient (Wildman–Crippen LogP) is 3.10. The number of aliphatic imine (C=N–C) groups is 1. The number of benzene rings is 1. The summed E-state index contributed by atoms with van der Waals surface area (Å²) in [5.41, 5.74) is 2.30. The Hall–Kier alpha value is -3.19. The van der Waals surface area contributed by atoms with Crippen molar-refractivity contribution >= 4 is 5.96 Å². The third kappa shape index (κ3) is 6.43. The summed E-state index contributed by atoms with van der Waals surface area (Å²) in [7, 11) is 1.77. The molecule has 29 heavy (non-hydrogen) atoms. The maximum absolute atomic E-state index is 5.91. The molecule has 0 fully saturated rings. The van der Waals surface area contributed by atoms with E-state index in [1.54, 1.807) is 24.1 Å². The maximum atomic E-state index is 5.91. The van der Waals surface area contributed by atoms with Crippen molar-refractivity contribution in [3.8, 4) is 5.82 Å². The second-order valence-electron chi connectivity index (χ2n) is 6.60. The van der Waals surface area contributed by atoms with E-state index < -0.39 is 0 Å². The van der Waals surface area contributed by atoms with Crippen LogP contribution < -0.4 is 10.6 Å². The summed E-state index contributed by atoms with van der Waals surface area (Å²) in [5, 5.41) is 10.9. The summed E-state index contributed by atoms with van der Waals surface area (Å²) in [5.74, 6) is 1.56. The molecular formula is C22H28N6O. The van der Waals surface area contributed by atoms with Crippen molar-refractivity contribution in [3.63, 3.8) is 0 Å². The van der Waals surface area contributed by atoms with Gasteiger partial charge in [-0.25, -0.2) is 9.67 Å². The normalized spacial score (nSPS) is 12.6. The third-order valence-electron chi connectivity index (χ3n) is 4.48. The van der Waals surface area contributed by atoms with Crippen molar-refractivity contribution < 1.29 is 4.74 Å². The fourth-order valence-electron chi connectivity index (χ4n) is 2.87. The van der Waals surface area contributed by atoms with Crippen LogP contribution >= 0.6 is 0 Å². The van der Waals surface area contributed by atoms with Gasteiger partial charge in [-0.2, -0.15) is 5.10 Å². The van der Waals surface area contributed by atoms with Gasteiger partial charge in [0.05, 0.1) is 6.10 Å². The number of nitrogens with one attached hydrogen (secondary N) is 2. The first kappa shape index (κ1) is 20.5. The van der Waals surface area contributed by atoms with E-state index in [2.05, 4.69) is 44.8 Å². The zero-order chi connectivity index (χ0) is 20.3. The number of hydrogen-bond acceptors (Lipinski definition) is 4. The highest BCUT2D eigenvalue weighted by atomic mass is 16.5. The molecule has 0 saturated carbocycles. The fourth-order valence-corrected chi connectivity index (χ4v) is 2.87. The zero-order valence-electron chi connectivity index (χ0n) is 17.0. The Morgan fingerprint density at radius 3 is 2.76 bits per heavy atom. The van der Waals surface area contributed by atoms with E-state index >= 15 is 0 Å². The Labute approximate surface area is 171 Å². The fraction of sp³-hybridized carbons (Fsp3) is 0.318. The molecule has 1 atom stereocenters. The minimum absolute atomic E-state index is 0.101. The van der Waals surface area contributed by atoms with Gasteiger partial charge in [-0.05, 0) is 42.7 Å². The third-order valence-corrected chi connectivity index (χ3v) is 4.48. The van der Waals surface area contributed by atoms with Crippen molar-refractivity contribution in [2.24, 2.45) is 4.99 Å². The van der Waals surface area contributed by atoms with Crippen LogP contribution in [0.1, 0.15) is 30.6 Å². The molecule has 0 aliphatic carbocycles. The number of pyridine rings is 1. The van der Waals surface area contributed by atoms with Gasteiger partial charge in [0.1, 0.15) is 0 Å². The molecule has 0 aliphatic heterocycles. The molecule has 1 unspecified atom stereocenters. The largest absolute Gasteiger partial charge is 0.374 e. The first-order valence-electron chi connectivity index (χ1n) is 9.82. The summed E-state index contributed by atoms with van der Waals surface area (Å²) >= 11 is 0. The summed E-state index contributed by atoms with van der Waals surface area (Å²) in [6, 6.07) is 16.1. The number of guanidine groups is 1. The molecule has 2 N–H and O–H groups in total. The molecule has 2 aromatic heterocycles.